The van der Waals surface area contributed by atoms with Crippen LogP contribution in [0.2, 0.25) is 0 Å². The van der Waals surface area contributed by atoms with Crippen LogP contribution in [-0.2, 0) is 35.2 Å². The summed E-state index contributed by atoms with van der Waals surface area (Å²) in [5.41, 5.74) is 7.89. The molecule has 4 heteroatoms. The van der Waals surface area contributed by atoms with Gasteiger partial charge in [-0.15, -0.1) is 0 Å². The van der Waals surface area contributed by atoms with Gasteiger partial charge in [0.05, 0.1) is 38.6 Å². The Balaban J connectivity index is 1.43. The van der Waals surface area contributed by atoms with Gasteiger partial charge in [0.25, 0.3) is 0 Å². The summed E-state index contributed by atoms with van der Waals surface area (Å²) in [7, 11) is 0. The van der Waals surface area contributed by atoms with Gasteiger partial charge in [-0.2, -0.15) is 0 Å². The molecule has 0 N–H and O–H groups in total. The van der Waals surface area contributed by atoms with Crippen LogP contribution in [0.5, 0.6) is 11.5 Å². The Morgan fingerprint density at radius 3 is 1.14 bits per heavy atom. The van der Waals surface area contributed by atoms with E-state index in [1.54, 1.807) is 0 Å². The van der Waals surface area contributed by atoms with Crippen LogP contribution in [0.15, 0.2) is 24.3 Å². The predicted octanol–water partition coefficient (Wildman–Crippen LogP) is 10.3. The van der Waals surface area contributed by atoms with Crippen LogP contribution in [0, 0.1) is 11.8 Å². The fourth-order valence-corrected chi connectivity index (χ4v) is 6.92. The summed E-state index contributed by atoms with van der Waals surface area (Å²) >= 11 is 0. The zero-order chi connectivity index (χ0) is 31.3. The first-order valence-electron chi connectivity index (χ1n) is 18.4. The maximum Gasteiger partial charge on any atom is 0.125 e. The van der Waals surface area contributed by atoms with Crippen LogP contribution in [0.3, 0.4) is 0 Å². The third-order valence-electron chi connectivity index (χ3n) is 9.90. The first-order valence-corrected chi connectivity index (χ1v) is 18.4. The predicted molar refractivity (Wildman–Crippen MR) is 184 cm³/mol. The molecule has 246 valence electrons. The van der Waals surface area contributed by atoms with Crippen molar-refractivity contribution in [3.63, 3.8) is 0 Å². The van der Waals surface area contributed by atoms with Gasteiger partial charge in [-0.25, -0.2) is 0 Å². The van der Waals surface area contributed by atoms with Gasteiger partial charge in [-0.1, -0.05) is 67.2 Å². The minimum atomic E-state index is 0.501. The van der Waals surface area contributed by atoms with E-state index in [9.17, 15) is 0 Å². The average molecular weight is 607 g/mol. The number of hydrogen-bond donors (Lipinski definition) is 0. The maximum absolute atomic E-state index is 6.55. The van der Waals surface area contributed by atoms with E-state index < -0.39 is 0 Å². The Bertz CT molecular complexity index is 993. The third kappa shape index (κ3) is 9.98. The molecule has 2 fully saturated rings. The van der Waals surface area contributed by atoms with Gasteiger partial charge < -0.3 is 18.9 Å². The molecule has 4 rings (SSSR count). The zero-order valence-electron chi connectivity index (χ0n) is 29.0. The van der Waals surface area contributed by atoms with Gasteiger partial charge in [-0.3, -0.25) is 0 Å². The maximum atomic E-state index is 6.55. The van der Waals surface area contributed by atoms with Gasteiger partial charge in [0, 0.05) is 0 Å². The zero-order valence-corrected chi connectivity index (χ0v) is 29.0. The highest BCUT2D eigenvalue weighted by molar-refractivity contribution is 5.71. The monoisotopic (exact) mass is 606 g/mol. The molecular weight excluding hydrogens is 544 g/mol. The fraction of sp³-hybridized carbons (Fsp3) is 0.700. The molecule has 4 unspecified atom stereocenters. The van der Waals surface area contributed by atoms with Crippen molar-refractivity contribution in [2.24, 2.45) is 11.8 Å². The van der Waals surface area contributed by atoms with Crippen molar-refractivity contribution in [3.8, 4) is 22.6 Å². The van der Waals surface area contributed by atoms with Crippen LogP contribution >= 0.6 is 0 Å². The molecule has 44 heavy (non-hydrogen) atoms. The molecular formula is C40H62O4. The lowest BCUT2D eigenvalue weighted by Gasteiger charge is -2.20. The van der Waals surface area contributed by atoms with Gasteiger partial charge in [0.2, 0.25) is 0 Å². The molecule has 0 aliphatic carbocycles. The number of unbranched alkanes of at least 4 members (excludes halogenated alkanes) is 2. The molecule has 2 aromatic rings. The number of aryl methyl sites for hydroxylation is 4. The third-order valence-corrected chi connectivity index (χ3v) is 9.90. The quantitative estimate of drug-likeness (QED) is 0.0932. The molecule has 4 nitrogen and oxygen atoms in total. The largest absolute Gasteiger partial charge is 0.493 e. The standard InChI is InChI=1S/C40H62O4/c1-7-13-17-33(37-27-43-37)19-15-21-41-39-29(9-3)23-35(24-30(39)10-4)36-25-31(11-5)40(32(12-6)26-36)42-22-16-20-34(18-14-8-2)38-28-44-38/h23-26,33-34,37-38H,7-22,27-28H2,1-6H3. The first-order chi connectivity index (χ1) is 21.6. The summed E-state index contributed by atoms with van der Waals surface area (Å²) in [6.45, 7) is 17.1. The van der Waals surface area contributed by atoms with Crippen molar-refractivity contribution < 1.29 is 18.9 Å². The molecule has 2 aliphatic heterocycles. The second-order valence-corrected chi connectivity index (χ2v) is 13.2. The fourth-order valence-electron chi connectivity index (χ4n) is 6.92. The molecule has 0 spiro atoms. The van der Waals surface area contributed by atoms with Crippen molar-refractivity contribution in [2.45, 2.75) is 144 Å². The molecule has 2 saturated heterocycles. The van der Waals surface area contributed by atoms with Crippen LogP contribution in [-0.4, -0.2) is 38.6 Å². The Labute approximate surface area is 269 Å². The van der Waals surface area contributed by atoms with Crippen LogP contribution in [0.25, 0.3) is 11.1 Å². The second kappa shape index (κ2) is 18.2. The Morgan fingerprint density at radius 2 is 0.864 bits per heavy atom. The lowest BCUT2D eigenvalue weighted by molar-refractivity contribution is 0.255. The number of rotatable bonds is 23. The summed E-state index contributed by atoms with van der Waals surface area (Å²) in [5.74, 6) is 3.63. The van der Waals surface area contributed by atoms with Gasteiger partial charge >= 0.3 is 0 Å². The Kier molecular flexibility index (Phi) is 14.4. The Morgan fingerprint density at radius 1 is 0.545 bits per heavy atom. The summed E-state index contributed by atoms with van der Waals surface area (Å²) in [6.07, 6.45) is 17.2. The average Bonchev–Trinajstić information content (AvgIpc) is 3.98. The molecule has 2 aliphatic rings. The van der Waals surface area contributed by atoms with Crippen molar-refractivity contribution in [1.29, 1.82) is 0 Å². The smallest absolute Gasteiger partial charge is 0.125 e. The number of epoxide rings is 2. The van der Waals surface area contributed by atoms with E-state index in [1.807, 2.05) is 0 Å². The summed E-state index contributed by atoms with van der Waals surface area (Å²) in [5, 5.41) is 0. The molecule has 0 aromatic heterocycles. The minimum Gasteiger partial charge on any atom is -0.493 e. The van der Waals surface area contributed by atoms with E-state index >= 15 is 0 Å². The van der Waals surface area contributed by atoms with Gasteiger partial charge in [-0.05, 0) is 134 Å². The second-order valence-electron chi connectivity index (χ2n) is 13.2. The highest BCUT2D eigenvalue weighted by atomic mass is 16.6. The van der Waals surface area contributed by atoms with Crippen molar-refractivity contribution >= 4 is 0 Å². The lowest BCUT2D eigenvalue weighted by atomic mass is 9.92. The molecule has 4 atom stereocenters. The van der Waals surface area contributed by atoms with Crippen LogP contribution in [0.4, 0.5) is 0 Å². The Hall–Kier alpha value is -2.04. The topological polar surface area (TPSA) is 43.5 Å². The van der Waals surface area contributed by atoms with Crippen LogP contribution < -0.4 is 9.47 Å². The van der Waals surface area contributed by atoms with Gasteiger partial charge in [0.1, 0.15) is 11.5 Å². The van der Waals surface area contributed by atoms with Crippen LogP contribution in [0.1, 0.15) is 128 Å². The highest BCUT2D eigenvalue weighted by Gasteiger charge is 2.32. The molecule has 2 heterocycles. The van der Waals surface area contributed by atoms with E-state index in [0.29, 0.717) is 24.0 Å². The van der Waals surface area contributed by atoms with E-state index in [-0.39, 0.29) is 0 Å². The summed E-state index contributed by atoms with van der Waals surface area (Å²) in [6, 6.07) is 9.51. The van der Waals surface area contributed by atoms with Gasteiger partial charge in [0.15, 0.2) is 0 Å². The SMILES string of the molecule is CCCCC(CCCOc1c(CC)cc(-c2cc(CC)c(OCCCC(CCCC)C3CO3)c(CC)c2)cc1CC)C1CO1. The first kappa shape index (κ1) is 34.8. The number of ether oxygens (including phenoxy) is 4. The minimum absolute atomic E-state index is 0.501. The van der Waals surface area contributed by atoms with Crippen molar-refractivity contribution in [1.82, 2.24) is 0 Å². The van der Waals surface area contributed by atoms with E-state index in [0.717, 1.165) is 76.5 Å². The molecule has 0 saturated carbocycles. The van der Waals surface area contributed by atoms with Crippen molar-refractivity contribution in [3.05, 3.63) is 46.5 Å². The highest BCUT2D eigenvalue weighted by Crippen LogP contribution is 2.37. The van der Waals surface area contributed by atoms with E-state index in [1.165, 1.54) is 84.7 Å². The van der Waals surface area contributed by atoms with E-state index in [2.05, 4.69) is 65.8 Å². The van der Waals surface area contributed by atoms with E-state index in [4.69, 9.17) is 18.9 Å². The van der Waals surface area contributed by atoms with Crippen molar-refractivity contribution in [2.75, 3.05) is 26.4 Å². The normalized spacial score (nSPS) is 18.7. The summed E-state index contributed by atoms with van der Waals surface area (Å²) in [4.78, 5) is 0. The molecule has 0 radical (unpaired) electrons. The number of benzene rings is 2. The molecule has 0 amide bonds. The lowest BCUT2D eigenvalue weighted by Crippen LogP contribution is -2.11. The molecule has 2 aromatic carbocycles. The summed E-state index contributed by atoms with van der Waals surface area (Å²) < 4.78 is 24.4. The number of hydrogen-bond acceptors (Lipinski definition) is 4. The molecule has 0 bridgehead atoms.